The predicted molar refractivity (Wildman–Crippen MR) is 77.3 cm³/mol. The summed E-state index contributed by atoms with van der Waals surface area (Å²) in [5.74, 6) is -0.0636. The third-order valence-corrected chi connectivity index (χ3v) is 4.47. The maximum Gasteiger partial charge on any atom is 0.283 e. The largest absolute Gasteiger partial charge is 0.283 e. The van der Waals surface area contributed by atoms with Crippen LogP contribution in [0.4, 0.5) is 11.6 Å². The van der Waals surface area contributed by atoms with Crippen LogP contribution in [0.25, 0.3) is 0 Å². The Morgan fingerprint density at radius 1 is 1.48 bits per heavy atom. The fourth-order valence-corrected chi connectivity index (χ4v) is 3.12. The summed E-state index contributed by atoms with van der Waals surface area (Å²) in [6.45, 7) is 2.39. The first-order valence-electron chi connectivity index (χ1n) is 5.69. The molecule has 9 nitrogen and oxygen atoms in total. The molecule has 1 aromatic carbocycles. The van der Waals surface area contributed by atoms with Crippen molar-refractivity contribution in [2.24, 2.45) is 0 Å². The summed E-state index contributed by atoms with van der Waals surface area (Å²) < 4.78 is 28.0. The summed E-state index contributed by atoms with van der Waals surface area (Å²) in [4.78, 5) is 13.8. The normalized spacial score (nSPS) is 11.3. The lowest BCUT2D eigenvalue weighted by atomic mass is 10.3. The third kappa shape index (κ3) is 3.36. The summed E-state index contributed by atoms with van der Waals surface area (Å²) in [6.07, 6.45) is 1.39. The number of nitrogens with zero attached hydrogens (tertiary/aromatic N) is 4. The SMILES string of the molecule is CCn1cnc(NS(=O)(=O)c2ccc([N+](=O)[O-])c(Br)c2)n1. The van der Waals surface area contributed by atoms with Crippen molar-refractivity contribution in [1.29, 1.82) is 0 Å². The molecular formula is C10H10BrN5O4S. The van der Waals surface area contributed by atoms with Crippen molar-refractivity contribution in [3.8, 4) is 0 Å². The minimum atomic E-state index is -3.91. The Labute approximate surface area is 128 Å². The molecule has 0 spiro atoms. The Kier molecular flexibility index (Phi) is 4.23. The summed E-state index contributed by atoms with van der Waals surface area (Å²) in [6, 6.07) is 3.40. The summed E-state index contributed by atoms with van der Waals surface area (Å²) >= 11 is 2.97. The van der Waals surface area contributed by atoms with Crippen LogP contribution in [0.15, 0.2) is 33.9 Å². The molecule has 2 rings (SSSR count). The number of nitro groups is 1. The van der Waals surface area contributed by atoms with Gasteiger partial charge >= 0.3 is 0 Å². The van der Waals surface area contributed by atoms with Crippen LogP contribution in [-0.4, -0.2) is 28.1 Å². The van der Waals surface area contributed by atoms with E-state index in [1.54, 1.807) is 0 Å². The van der Waals surface area contributed by atoms with Gasteiger partial charge in [0.25, 0.3) is 21.7 Å². The minimum Gasteiger partial charge on any atom is -0.258 e. The van der Waals surface area contributed by atoms with Crippen molar-refractivity contribution in [2.45, 2.75) is 18.4 Å². The van der Waals surface area contributed by atoms with Crippen molar-refractivity contribution >= 4 is 37.6 Å². The van der Waals surface area contributed by atoms with Crippen LogP contribution in [0, 0.1) is 10.1 Å². The Morgan fingerprint density at radius 3 is 2.71 bits per heavy atom. The zero-order valence-corrected chi connectivity index (χ0v) is 13.1. The van der Waals surface area contributed by atoms with Gasteiger partial charge < -0.3 is 0 Å². The van der Waals surface area contributed by atoms with E-state index in [0.717, 1.165) is 18.2 Å². The number of nitro benzene ring substituents is 1. The highest BCUT2D eigenvalue weighted by Gasteiger charge is 2.20. The molecule has 0 radical (unpaired) electrons. The van der Waals surface area contributed by atoms with E-state index in [9.17, 15) is 18.5 Å². The standard InChI is InChI=1S/C10H10BrN5O4S/c1-2-15-6-12-10(13-15)14-21(19,20)7-3-4-9(16(17)18)8(11)5-7/h3-6H,2H2,1H3,(H,13,14). The smallest absolute Gasteiger partial charge is 0.258 e. The topological polar surface area (TPSA) is 120 Å². The van der Waals surface area contributed by atoms with Crippen molar-refractivity contribution in [3.05, 3.63) is 39.1 Å². The average Bonchev–Trinajstić information content (AvgIpc) is 2.85. The van der Waals surface area contributed by atoms with Gasteiger partial charge in [-0.2, -0.15) is 4.98 Å². The summed E-state index contributed by atoms with van der Waals surface area (Å²) in [7, 11) is -3.91. The van der Waals surface area contributed by atoms with Gasteiger partial charge in [-0.1, -0.05) is 0 Å². The van der Waals surface area contributed by atoms with Crippen molar-refractivity contribution < 1.29 is 13.3 Å². The summed E-state index contributed by atoms with van der Waals surface area (Å²) in [5, 5.41) is 14.6. The number of rotatable bonds is 5. The molecule has 0 aliphatic rings. The molecule has 0 unspecified atom stereocenters. The molecule has 0 bridgehead atoms. The van der Waals surface area contributed by atoms with Crippen molar-refractivity contribution in [3.63, 3.8) is 0 Å². The van der Waals surface area contributed by atoms with Crippen LogP contribution in [0.5, 0.6) is 0 Å². The lowest BCUT2D eigenvalue weighted by Gasteiger charge is -2.05. The monoisotopic (exact) mass is 375 g/mol. The lowest BCUT2D eigenvalue weighted by molar-refractivity contribution is -0.385. The molecule has 0 amide bonds. The number of hydrogen-bond donors (Lipinski definition) is 1. The molecule has 1 N–H and O–H groups in total. The first-order chi connectivity index (χ1) is 9.83. The molecule has 0 saturated carbocycles. The first kappa shape index (κ1) is 15.4. The van der Waals surface area contributed by atoms with Gasteiger partial charge in [0, 0.05) is 12.6 Å². The molecule has 0 aliphatic carbocycles. The summed E-state index contributed by atoms with van der Waals surface area (Å²) in [5.41, 5.74) is -0.220. The minimum absolute atomic E-state index is 0.0636. The van der Waals surface area contributed by atoms with E-state index < -0.39 is 14.9 Å². The number of benzene rings is 1. The van der Waals surface area contributed by atoms with Gasteiger partial charge in [-0.05, 0) is 35.0 Å². The molecule has 0 aliphatic heterocycles. The molecule has 11 heteroatoms. The second-order valence-corrected chi connectivity index (χ2v) is 6.44. The molecule has 0 saturated heterocycles. The van der Waals surface area contributed by atoms with Gasteiger partial charge in [0.1, 0.15) is 6.33 Å². The number of sulfonamides is 1. The number of anilines is 1. The quantitative estimate of drug-likeness (QED) is 0.627. The van der Waals surface area contributed by atoms with Gasteiger partial charge in [-0.3, -0.25) is 14.8 Å². The Bertz CT molecular complexity index is 788. The molecule has 1 heterocycles. The Morgan fingerprint density at radius 2 is 2.19 bits per heavy atom. The zero-order valence-electron chi connectivity index (χ0n) is 10.7. The number of aryl methyl sites for hydroxylation is 1. The fraction of sp³-hybridized carbons (Fsp3) is 0.200. The van der Waals surface area contributed by atoms with Crippen LogP contribution in [0.2, 0.25) is 0 Å². The second kappa shape index (κ2) is 5.77. The van der Waals surface area contributed by atoms with Gasteiger partial charge in [0.15, 0.2) is 0 Å². The van der Waals surface area contributed by atoms with Gasteiger partial charge in [0.05, 0.1) is 14.3 Å². The van der Waals surface area contributed by atoms with E-state index in [-0.39, 0.29) is 21.0 Å². The molecule has 2 aromatic rings. The number of halogens is 1. The van der Waals surface area contributed by atoms with E-state index in [1.807, 2.05) is 6.92 Å². The van der Waals surface area contributed by atoms with Crippen LogP contribution >= 0.6 is 15.9 Å². The van der Waals surface area contributed by atoms with Gasteiger partial charge in [-0.25, -0.2) is 13.1 Å². The van der Waals surface area contributed by atoms with Crippen LogP contribution in [0.1, 0.15) is 6.92 Å². The Balaban J connectivity index is 2.31. The molecule has 21 heavy (non-hydrogen) atoms. The van der Waals surface area contributed by atoms with E-state index in [1.165, 1.54) is 11.0 Å². The zero-order chi connectivity index (χ0) is 15.6. The molecule has 1 aromatic heterocycles. The third-order valence-electron chi connectivity index (χ3n) is 2.51. The number of nitrogens with one attached hydrogen (secondary N) is 1. The maximum absolute atomic E-state index is 12.1. The molecular weight excluding hydrogens is 366 g/mol. The second-order valence-electron chi connectivity index (χ2n) is 3.90. The van der Waals surface area contributed by atoms with Crippen LogP contribution < -0.4 is 4.72 Å². The van der Waals surface area contributed by atoms with Crippen molar-refractivity contribution in [2.75, 3.05) is 4.72 Å². The highest BCUT2D eigenvalue weighted by molar-refractivity contribution is 9.10. The fourth-order valence-electron chi connectivity index (χ4n) is 1.48. The van der Waals surface area contributed by atoms with E-state index in [0.29, 0.717) is 6.54 Å². The van der Waals surface area contributed by atoms with Crippen LogP contribution in [0.3, 0.4) is 0 Å². The van der Waals surface area contributed by atoms with E-state index >= 15 is 0 Å². The molecule has 0 atom stereocenters. The van der Waals surface area contributed by atoms with E-state index in [2.05, 4.69) is 30.7 Å². The van der Waals surface area contributed by atoms with Gasteiger partial charge in [-0.15, -0.1) is 5.10 Å². The van der Waals surface area contributed by atoms with Crippen molar-refractivity contribution in [1.82, 2.24) is 14.8 Å². The highest BCUT2D eigenvalue weighted by Crippen LogP contribution is 2.27. The number of aromatic nitrogens is 3. The predicted octanol–water partition coefficient (Wildman–Crippen LogP) is 1.77. The van der Waals surface area contributed by atoms with Crippen LogP contribution in [-0.2, 0) is 16.6 Å². The maximum atomic E-state index is 12.1. The highest BCUT2D eigenvalue weighted by atomic mass is 79.9. The molecule has 112 valence electrons. The Hall–Kier alpha value is -2.01. The van der Waals surface area contributed by atoms with E-state index in [4.69, 9.17) is 0 Å². The number of hydrogen-bond acceptors (Lipinski definition) is 6. The lowest BCUT2D eigenvalue weighted by Crippen LogP contribution is -2.14. The van der Waals surface area contributed by atoms with Gasteiger partial charge in [0.2, 0.25) is 0 Å². The molecule has 0 fully saturated rings. The average molecular weight is 376 g/mol. The first-order valence-corrected chi connectivity index (χ1v) is 7.97.